The topological polar surface area (TPSA) is 76.0 Å². The first-order valence-corrected chi connectivity index (χ1v) is 9.77. The molecular weight excluding hydrogens is 383 g/mol. The third-order valence-corrected chi connectivity index (χ3v) is 4.84. The van der Waals surface area contributed by atoms with E-state index in [0.717, 1.165) is 11.4 Å². The van der Waals surface area contributed by atoms with Crippen molar-refractivity contribution in [3.05, 3.63) is 83.7 Å². The number of aryl methyl sites for hydroxylation is 1. The number of rotatable bonds is 7. The summed E-state index contributed by atoms with van der Waals surface area (Å²) in [5, 5.41) is 5.59. The first-order chi connectivity index (χ1) is 14.3. The van der Waals surface area contributed by atoms with Crippen LogP contribution in [0.2, 0.25) is 0 Å². The summed E-state index contributed by atoms with van der Waals surface area (Å²) in [6, 6.07) is 12.0. The number of aromatic nitrogens is 2. The maximum Gasteiger partial charge on any atom is 0.251 e. The molecule has 1 heterocycles. The Morgan fingerprint density at radius 2 is 1.73 bits per heavy atom. The van der Waals surface area contributed by atoms with Crippen LogP contribution in [0.1, 0.15) is 35.6 Å². The van der Waals surface area contributed by atoms with Crippen molar-refractivity contribution in [2.24, 2.45) is 5.92 Å². The molecule has 0 spiro atoms. The average molecular weight is 408 g/mol. The zero-order valence-electron chi connectivity index (χ0n) is 17.2. The fourth-order valence-electron chi connectivity index (χ4n) is 3.04. The Labute approximate surface area is 175 Å². The minimum atomic E-state index is -0.726. The standard InChI is InChI=1S/C23H25FN4O2/c1-15(2)21(27-22(29)18-6-8-19(24)9-7-18)23(30)26-20-10-4-17(5-11-20)14-28-13-12-25-16(28)3/h4-13,15,21H,14H2,1-3H3,(H,26,30)(H,27,29). The van der Waals surface area contributed by atoms with E-state index >= 15 is 0 Å². The quantitative estimate of drug-likeness (QED) is 0.625. The molecule has 30 heavy (non-hydrogen) atoms. The average Bonchev–Trinajstić information content (AvgIpc) is 3.12. The Morgan fingerprint density at radius 1 is 1.07 bits per heavy atom. The molecule has 6 nitrogen and oxygen atoms in total. The number of carbonyl (C=O) groups is 2. The van der Waals surface area contributed by atoms with E-state index in [9.17, 15) is 14.0 Å². The Hall–Kier alpha value is -3.48. The van der Waals surface area contributed by atoms with Crippen molar-refractivity contribution in [3.8, 4) is 0 Å². The second kappa shape index (κ2) is 9.35. The zero-order chi connectivity index (χ0) is 21.7. The molecule has 1 aromatic heterocycles. The fraction of sp³-hybridized carbons (Fsp3) is 0.261. The second-order valence-electron chi connectivity index (χ2n) is 7.49. The Morgan fingerprint density at radius 3 is 2.30 bits per heavy atom. The predicted molar refractivity (Wildman–Crippen MR) is 114 cm³/mol. The van der Waals surface area contributed by atoms with Crippen LogP contribution in [0, 0.1) is 18.7 Å². The molecular formula is C23H25FN4O2. The molecule has 7 heteroatoms. The van der Waals surface area contributed by atoms with E-state index in [1.165, 1.54) is 24.3 Å². The first-order valence-electron chi connectivity index (χ1n) is 9.77. The highest BCUT2D eigenvalue weighted by Crippen LogP contribution is 2.14. The number of nitrogens with one attached hydrogen (secondary N) is 2. The summed E-state index contributed by atoms with van der Waals surface area (Å²) < 4.78 is 15.1. The Bertz CT molecular complexity index is 1010. The Balaban J connectivity index is 1.63. The minimum absolute atomic E-state index is 0.127. The lowest BCUT2D eigenvalue weighted by molar-refractivity contribution is -0.118. The molecule has 0 aliphatic rings. The molecule has 1 atom stereocenters. The normalized spacial score (nSPS) is 11.9. The molecule has 0 aliphatic heterocycles. The number of anilines is 1. The van der Waals surface area contributed by atoms with E-state index < -0.39 is 17.8 Å². The van der Waals surface area contributed by atoms with Gasteiger partial charge in [-0.25, -0.2) is 9.37 Å². The summed E-state index contributed by atoms with van der Waals surface area (Å²) in [4.78, 5) is 29.4. The molecule has 0 fully saturated rings. The lowest BCUT2D eigenvalue weighted by Gasteiger charge is -2.22. The summed E-state index contributed by atoms with van der Waals surface area (Å²) in [5.41, 5.74) is 2.03. The summed E-state index contributed by atoms with van der Waals surface area (Å²) in [6.45, 7) is 6.35. The van der Waals surface area contributed by atoms with Gasteiger partial charge in [0.15, 0.2) is 0 Å². The maximum atomic E-state index is 13.1. The van der Waals surface area contributed by atoms with Crippen LogP contribution in [-0.2, 0) is 11.3 Å². The van der Waals surface area contributed by atoms with Crippen molar-refractivity contribution in [1.82, 2.24) is 14.9 Å². The molecule has 2 amide bonds. The van der Waals surface area contributed by atoms with Gasteiger partial charge in [0.25, 0.3) is 5.91 Å². The highest BCUT2D eigenvalue weighted by molar-refractivity contribution is 6.01. The summed E-state index contributed by atoms with van der Waals surface area (Å²) in [6.07, 6.45) is 3.68. The van der Waals surface area contributed by atoms with Gasteiger partial charge in [-0.2, -0.15) is 0 Å². The molecule has 3 rings (SSSR count). The molecule has 0 bridgehead atoms. The number of nitrogens with zero attached hydrogens (tertiary/aromatic N) is 2. The lowest BCUT2D eigenvalue weighted by Crippen LogP contribution is -2.47. The largest absolute Gasteiger partial charge is 0.340 e. The van der Waals surface area contributed by atoms with Crippen LogP contribution in [0.25, 0.3) is 0 Å². The van der Waals surface area contributed by atoms with E-state index in [-0.39, 0.29) is 11.8 Å². The van der Waals surface area contributed by atoms with Crippen molar-refractivity contribution in [1.29, 1.82) is 0 Å². The Kier molecular flexibility index (Phi) is 6.61. The van der Waals surface area contributed by atoms with Crippen molar-refractivity contribution in [2.45, 2.75) is 33.4 Å². The predicted octanol–water partition coefficient (Wildman–Crippen LogP) is 3.77. The molecule has 1 unspecified atom stereocenters. The highest BCUT2D eigenvalue weighted by Gasteiger charge is 2.24. The SMILES string of the molecule is Cc1nccn1Cc1ccc(NC(=O)C(NC(=O)c2ccc(F)cc2)C(C)C)cc1. The molecule has 2 N–H and O–H groups in total. The molecule has 0 aliphatic carbocycles. The number of benzene rings is 2. The second-order valence-corrected chi connectivity index (χ2v) is 7.49. The van der Waals surface area contributed by atoms with Gasteiger partial charge >= 0.3 is 0 Å². The van der Waals surface area contributed by atoms with Gasteiger partial charge < -0.3 is 15.2 Å². The summed E-state index contributed by atoms with van der Waals surface area (Å²) >= 11 is 0. The number of halogens is 1. The number of amides is 2. The number of hydrogen-bond donors (Lipinski definition) is 2. The third kappa shape index (κ3) is 5.31. The molecule has 0 saturated carbocycles. The van der Waals surface area contributed by atoms with Crippen molar-refractivity contribution < 1.29 is 14.0 Å². The van der Waals surface area contributed by atoms with E-state index in [2.05, 4.69) is 15.6 Å². The van der Waals surface area contributed by atoms with Crippen LogP contribution >= 0.6 is 0 Å². The molecule has 0 radical (unpaired) electrons. The van der Waals surface area contributed by atoms with E-state index in [4.69, 9.17) is 0 Å². The van der Waals surface area contributed by atoms with Gasteiger partial charge in [-0.15, -0.1) is 0 Å². The van der Waals surface area contributed by atoms with Gasteiger partial charge in [-0.05, 0) is 54.8 Å². The van der Waals surface area contributed by atoms with Crippen LogP contribution in [0.15, 0.2) is 60.9 Å². The molecule has 2 aromatic carbocycles. The maximum absolute atomic E-state index is 13.1. The molecule has 0 saturated heterocycles. The van der Waals surface area contributed by atoms with Crippen molar-refractivity contribution >= 4 is 17.5 Å². The van der Waals surface area contributed by atoms with E-state index in [1.807, 2.05) is 55.8 Å². The van der Waals surface area contributed by atoms with Gasteiger partial charge in [-0.3, -0.25) is 9.59 Å². The molecule has 156 valence electrons. The first kappa shape index (κ1) is 21.2. The number of hydrogen-bond acceptors (Lipinski definition) is 3. The highest BCUT2D eigenvalue weighted by atomic mass is 19.1. The van der Waals surface area contributed by atoms with Gasteiger partial charge in [-0.1, -0.05) is 26.0 Å². The minimum Gasteiger partial charge on any atom is -0.340 e. The monoisotopic (exact) mass is 408 g/mol. The summed E-state index contributed by atoms with van der Waals surface area (Å²) in [7, 11) is 0. The van der Waals surface area contributed by atoms with Crippen LogP contribution < -0.4 is 10.6 Å². The van der Waals surface area contributed by atoms with Crippen molar-refractivity contribution in [3.63, 3.8) is 0 Å². The van der Waals surface area contributed by atoms with Crippen LogP contribution in [0.5, 0.6) is 0 Å². The third-order valence-electron chi connectivity index (χ3n) is 4.84. The van der Waals surface area contributed by atoms with Gasteiger partial charge in [0.05, 0.1) is 0 Å². The van der Waals surface area contributed by atoms with Crippen molar-refractivity contribution in [2.75, 3.05) is 5.32 Å². The lowest BCUT2D eigenvalue weighted by atomic mass is 10.0. The van der Waals surface area contributed by atoms with E-state index in [0.29, 0.717) is 17.8 Å². The van der Waals surface area contributed by atoms with Crippen LogP contribution in [0.3, 0.4) is 0 Å². The smallest absolute Gasteiger partial charge is 0.251 e. The van der Waals surface area contributed by atoms with Gasteiger partial charge in [0.2, 0.25) is 5.91 Å². The van der Waals surface area contributed by atoms with E-state index in [1.54, 1.807) is 6.20 Å². The van der Waals surface area contributed by atoms with Gasteiger partial charge in [0.1, 0.15) is 17.7 Å². The zero-order valence-corrected chi connectivity index (χ0v) is 17.2. The van der Waals surface area contributed by atoms with Gasteiger partial charge in [0, 0.05) is 30.2 Å². The fourth-order valence-corrected chi connectivity index (χ4v) is 3.04. The van der Waals surface area contributed by atoms with Crippen LogP contribution in [0.4, 0.5) is 10.1 Å². The summed E-state index contributed by atoms with van der Waals surface area (Å²) in [5.74, 6) is -0.341. The molecule has 3 aromatic rings. The number of imidazole rings is 1. The number of carbonyl (C=O) groups excluding carboxylic acids is 2. The van der Waals surface area contributed by atoms with Crippen LogP contribution in [-0.4, -0.2) is 27.4 Å².